The van der Waals surface area contributed by atoms with Crippen LogP contribution in [0.5, 0.6) is 0 Å². The van der Waals surface area contributed by atoms with Crippen molar-refractivity contribution in [3.05, 3.63) is 0 Å². The van der Waals surface area contributed by atoms with E-state index in [1.807, 2.05) is 21.0 Å². The van der Waals surface area contributed by atoms with Crippen molar-refractivity contribution >= 4 is 30.0 Å². The predicted octanol–water partition coefficient (Wildman–Crippen LogP) is 4.61. The summed E-state index contributed by atoms with van der Waals surface area (Å²) in [6, 6.07) is 0. The van der Waals surface area contributed by atoms with Crippen LogP contribution in [0.1, 0.15) is 6.92 Å². The molecule has 18 heteroatoms. The summed E-state index contributed by atoms with van der Waals surface area (Å²) in [6.45, 7) is 2.41. The van der Waals surface area contributed by atoms with Crippen molar-refractivity contribution in [1.82, 2.24) is 46.7 Å². The molecule has 0 aromatic heterocycles. The average molecular weight is 652 g/mol. The standard InChI is InChI=1S/C22H65N13OP4/c1-22-36-40(35(20)21,23-37(26(2)3,27(4)5)28(6)7,24-38(29(8)9,30(10)11)31(12)13)25-39(32(14)15,33(16)17)34(18)19/h22H2,1-21H3. The van der Waals surface area contributed by atoms with E-state index in [4.69, 9.17) is 18.1 Å². The van der Waals surface area contributed by atoms with Crippen molar-refractivity contribution in [2.24, 2.45) is 13.5 Å². The van der Waals surface area contributed by atoms with Crippen LogP contribution in [0.15, 0.2) is 13.5 Å². The third-order valence-electron chi connectivity index (χ3n) is 6.72. The third kappa shape index (κ3) is 6.98. The normalized spacial score (nSPS) is 15.6. The Kier molecular flexibility index (Phi) is 14.9. The summed E-state index contributed by atoms with van der Waals surface area (Å²) in [7, 11) is 29.4. The van der Waals surface area contributed by atoms with Crippen LogP contribution in [0.25, 0.3) is 0 Å². The van der Waals surface area contributed by atoms with Crippen LogP contribution < -0.4 is 0 Å². The fourth-order valence-electron chi connectivity index (χ4n) is 5.29. The predicted molar refractivity (Wildman–Crippen MR) is 183 cm³/mol. The molecule has 0 unspecified atom stereocenters. The Balaban J connectivity index is 9.75. The van der Waals surface area contributed by atoms with Gasteiger partial charge in [0.25, 0.3) is 0 Å². The van der Waals surface area contributed by atoms with Crippen molar-refractivity contribution in [2.75, 3.05) is 148 Å². The molecule has 0 aromatic carbocycles. The van der Waals surface area contributed by atoms with Crippen molar-refractivity contribution in [3.63, 3.8) is 0 Å². The molecule has 0 bridgehead atoms. The average Bonchev–Trinajstić information content (AvgIpc) is 2.77. The zero-order chi connectivity index (χ0) is 32.3. The molecule has 0 saturated heterocycles. The molecule has 40 heavy (non-hydrogen) atoms. The molecule has 0 atom stereocenters. The van der Waals surface area contributed by atoms with Crippen LogP contribution in [0, 0.1) is 0 Å². The summed E-state index contributed by atoms with van der Waals surface area (Å²) in [5, 5.41) is 0. The first-order valence-electron chi connectivity index (χ1n) is 13.3. The van der Waals surface area contributed by atoms with Gasteiger partial charge in [-0.15, -0.1) is 0 Å². The van der Waals surface area contributed by atoms with Gasteiger partial charge in [-0.25, -0.2) is 0 Å². The van der Waals surface area contributed by atoms with E-state index in [2.05, 4.69) is 174 Å². The van der Waals surface area contributed by atoms with Crippen molar-refractivity contribution in [3.8, 4) is 0 Å². The molecular formula is C22H65N13OP4. The van der Waals surface area contributed by atoms with Gasteiger partial charge in [0.2, 0.25) is 0 Å². The zero-order valence-corrected chi connectivity index (χ0v) is 33.3. The number of rotatable bonds is 15. The van der Waals surface area contributed by atoms with E-state index >= 15 is 0 Å². The fraction of sp³-hybridized carbons (Fsp3) is 1.00. The fourth-order valence-corrected chi connectivity index (χ4v) is 27.2. The van der Waals surface area contributed by atoms with Crippen molar-refractivity contribution in [2.45, 2.75) is 6.92 Å². The van der Waals surface area contributed by atoms with Gasteiger partial charge in [-0.3, -0.25) is 0 Å². The van der Waals surface area contributed by atoms with E-state index in [-0.39, 0.29) is 0 Å². The number of hydrogen-bond donors (Lipinski definition) is 0. The molecule has 0 N–H and O–H groups in total. The van der Waals surface area contributed by atoms with Crippen LogP contribution in [0.2, 0.25) is 0 Å². The van der Waals surface area contributed by atoms with Gasteiger partial charge in [0, 0.05) is 0 Å². The molecule has 244 valence electrons. The van der Waals surface area contributed by atoms with E-state index in [1.54, 1.807) is 0 Å². The van der Waals surface area contributed by atoms with Crippen LogP contribution in [-0.2, 0) is 4.52 Å². The topological polar surface area (TPSA) is 78.7 Å². The Bertz CT molecular complexity index is 795. The monoisotopic (exact) mass is 651 g/mol. The number of hydrogen-bond acceptors (Lipinski definition) is 5. The van der Waals surface area contributed by atoms with E-state index in [0.29, 0.717) is 6.61 Å². The molecule has 0 fully saturated rings. The Morgan fingerprint density at radius 1 is 0.400 bits per heavy atom. The van der Waals surface area contributed by atoms with Crippen molar-refractivity contribution < 1.29 is 4.52 Å². The summed E-state index contributed by atoms with van der Waals surface area (Å²) in [6.07, 6.45) is 0. The molecule has 0 rings (SSSR count). The Morgan fingerprint density at radius 2 is 0.575 bits per heavy atom. The van der Waals surface area contributed by atoms with E-state index in [9.17, 15) is 0 Å². The quantitative estimate of drug-likeness (QED) is 0.233. The molecule has 0 aliphatic carbocycles. The molecule has 0 aliphatic heterocycles. The molecule has 0 aromatic rings. The van der Waals surface area contributed by atoms with Gasteiger partial charge >= 0.3 is 249 Å². The second kappa shape index (κ2) is 14.6. The van der Waals surface area contributed by atoms with Crippen LogP contribution >= 0.6 is 30.0 Å². The maximum atomic E-state index is 7.20. The molecule has 0 saturated carbocycles. The second-order valence-electron chi connectivity index (χ2n) is 11.6. The van der Waals surface area contributed by atoms with Gasteiger partial charge in [0.1, 0.15) is 0 Å². The van der Waals surface area contributed by atoms with Gasteiger partial charge < -0.3 is 0 Å². The Hall–Kier alpha value is 0.680. The first-order chi connectivity index (χ1) is 17.9. The van der Waals surface area contributed by atoms with Crippen LogP contribution in [-0.4, -0.2) is 194 Å². The van der Waals surface area contributed by atoms with E-state index < -0.39 is 30.0 Å². The van der Waals surface area contributed by atoms with Crippen molar-refractivity contribution in [1.29, 1.82) is 0 Å². The summed E-state index contributed by atoms with van der Waals surface area (Å²) in [5.74, 6) is 0. The van der Waals surface area contributed by atoms with Gasteiger partial charge in [-0.1, -0.05) is 0 Å². The minimum atomic E-state index is -4.45. The molecule has 0 aliphatic rings. The minimum absolute atomic E-state index is 0.392. The van der Waals surface area contributed by atoms with Crippen LogP contribution in [0.4, 0.5) is 0 Å². The Labute approximate surface area is 249 Å². The first kappa shape index (κ1) is 40.7. The summed E-state index contributed by atoms with van der Waals surface area (Å²) in [4.78, 5) is 0. The first-order valence-corrected chi connectivity index (χ1v) is 20.1. The molecule has 0 heterocycles. The molecule has 0 amide bonds. The van der Waals surface area contributed by atoms with Gasteiger partial charge in [-0.05, 0) is 0 Å². The van der Waals surface area contributed by atoms with E-state index in [1.165, 1.54) is 0 Å². The molecule has 0 radical (unpaired) electrons. The van der Waals surface area contributed by atoms with Gasteiger partial charge in [0.05, 0.1) is 0 Å². The van der Waals surface area contributed by atoms with Gasteiger partial charge in [-0.2, -0.15) is 0 Å². The van der Waals surface area contributed by atoms with E-state index in [0.717, 1.165) is 0 Å². The summed E-state index contributed by atoms with van der Waals surface area (Å²) in [5.41, 5.74) is 0. The second-order valence-corrected chi connectivity index (χ2v) is 27.0. The summed E-state index contributed by atoms with van der Waals surface area (Å²) >= 11 is 0. The summed E-state index contributed by atoms with van der Waals surface area (Å²) < 4.78 is 47.2. The SMILES string of the molecule is CCOP(N=P(N(C)C)(N(C)C)N(C)C)(N=P(N(C)C)(N(C)C)N(C)C)(N=P(N(C)C)(N(C)C)N(C)C)N(C)C. The molecule has 14 nitrogen and oxygen atoms in total. The third-order valence-corrected chi connectivity index (χ3v) is 25.1. The maximum absolute atomic E-state index is 7.20. The zero-order valence-electron chi connectivity index (χ0n) is 29.7. The Morgan fingerprint density at radius 3 is 0.675 bits per heavy atom. The molecule has 0 spiro atoms. The molecular weight excluding hydrogens is 586 g/mol. The number of nitrogens with zero attached hydrogens (tertiary/aromatic N) is 13. The van der Waals surface area contributed by atoms with Gasteiger partial charge in [0.15, 0.2) is 0 Å². The van der Waals surface area contributed by atoms with Crippen LogP contribution in [0.3, 0.4) is 0 Å².